The van der Waals surface area contributed by atoms with Gasteiger partial charge in [-0.2, -0.15) is 13.2 Å². The Morgan fingerprint density at radius 1 is 1.04 bits per heavy atom. The molecule has 0 bridgehead atoms. The molecule has 0 aliphatic carbocycles. The lowest BCUT2D eigenvalue weighted by Gasteiger charge is -2.10. The zero-order chi connectivity index (χ0) is 20.0. The van der Waals surface area contributed by atoms with Crippen molar-refractivity contribution in [2.45, 2.75) is 11.1 Å². The molecule has 1 aliphatic heterocycles. The number of hydrogen-bond donors (Lipinski definition) is 1. The van der Waals surface area contributed by atoms with Crippen LogP contribution in [-0.2, 0) is 25.7 Å². The molecule has 0 saturated heterocycles. The van der Waals surface area contributed by atoms with Crippen LogP contribution >= 0.6 is 0 Å². The predicted octanol–water partition coefficient (Wildman–Crippen LogP) is 2.96. The van der Waals surface area contributed by atoms with Gasteiger partial charge in [-0.15, -0.1) is 0 Å². The van der Waals surface area contributed by atoms with Gasteiger partial charge >= 0.3 is 12.1 Å². The second-order valence-corrected chi connectivity index (χ2v) is 7.23. The van der Waals surface area contributed by atoms with Gasteiger partial charge in [-0.05, 0) is 35.4 Å². The summed E-state index contributed by atoms with van der Waals surface area (Å²) in [6.45, 7) is -0.293. The van der Waals surface area contributed by atoms with Crippen molar-refractivity contribution in [2.24, 2.45) is 5.14 Å². The number of benzene rings is 2. The number of primary sulfonamides is 1. The van der Waals surface area contributed by atoms with Gasteiger partial charge in [0, 0.05) is 5.57 Å². The number of carbonyl (C=O) groups excluding carboxylic acids is 1. The third-order valence-electron chi connectivity index (χ3n) is 3.92. The number of carbonyl (C=O) groups is 1. The van der Waals surface area contributed by atoms with Crippen molar-refractivity contribution in [3.05, 3.63) is 65.0 Å². The number of cyclic esters (lactones) is 1. The van der Waals surface area contributed by atoms with Crippen molar-refractivity contribution in [3.8, 4) is 0 Å². The number of rotatable bonds is 3. The first kappa shape index (κ1) is 19.1. The molecular weight excluding hydrogens is 390 g/mol. The largest absolute Gasteiger partial charge is 0.457 e. The Bertz CT molecular complexity index is 1070. The van der Waals surface area contributed by atoms with Crippen molar-refractivity contribution < 1.29 is 35.5 Å². The topological polar surface area (TPSA) is 86.5 Å². The van der Waals surface area contributed by atoms with Crippen LogP contribution < -0.4 is 5.14 Å². The van der Waals surface area contributed by atoms with Gasteiger partial charge in [0.1, 0.15) is 17.3 Å². The van der Waals surface area contributed by atoms with Gasteiger partial charge in [-0.3, -0.25) is 0 Å². The Kier molecular flexibility index (Phi) is 4.56. The first-order chi connectivity index (χ1) is 12.5. The molecule has 0 atom stereocenters. The number of halogens is 4. The molecule has 0 aromatic heterocycles. The van der Waals surface area contributed by atoms with E-state index in [1.54, 1.807) is 0 Å². The zero-order valence-corrected chi connectivity index (χ0v) is 14.2. The Morgan fingerprint density at radius 3 is 2.33 bits per heavy atom. The highest BCUT2D eigenvalue weighted by Crippen LogP contribution is 2.36. The van der Waals surface area contributed by atoms with Gasteiger partial charge in [0.15, 0.2) is 0 Å². The van der Waals surface area contributed by atoms with Crippen LogP contribution in [0.15, 0.2) is 47.4 Å². The summed E-state index contributed by atoms with van der Waals surface area (Å²) in [6, 6.07) is 7.03. The minimum absolute atomic E-state index is 0.0433. The molecule has 2 aromatic carbocycles. The SMILES string of the molecule is NS(=O)(=O)c1ccc(C2=C(c3cccc(C(F)(F)F)c3)C(=O)OC2)cc1F. The smallest absolute Gasteiger partial charge is 0.416 e. The summed E-state index contributed by atoms with van der Waals surface area (Å²) >= 11 is 0. The fourth-order valence-electron chi connectivity index (χ4n) is 2.70. The molecule has 2 N–H and O–H groups in total. The van der Waals surface area contributed by atoms with Crippen LogP contribution in [0.2, 0.25) is 0 Å². The van der Waals surface area contributed by atoms with Crippen molar-refractivity contribution in [2.75, 3.05) is 6.61 Å². The van der Waals surface area contributed by atoms with Crippen molar-refractivity contribution in [1.82, 2.24) is 0 Å². The molecule has 0 amide bonds. The molecule has 0 unspecified atom stereocenters. The second kappa shape index (κ2) is 6.46. The van der Waals surface area contributed by atoms with Crippen LogP contribution in [0.3, 0.4) is 0 Å². The van der Waals surface area contributed by atoms with E-state index in [0.29, 0.717) is 0 Å². The molecule has 142 valence electrons. The molecule has 0 saturated carbocycles. The van der Waals surface area contributed by atoms with E-state index >= 15 is 0 Å². The number of esters is 1. The van der Waals surface area contributed by atoms with Gasteiger partial charge < -0.3 is 4.74 Å². The van der Waals surface area contributed by atoms with Crippen LogP contribution in [0, 0.1) is 5.82 Å². The predicted molar refractivity (Wildman–Crippen MR) is 87.0 cm³/mol. The Morgan fingerprint density at radius 2 is 1.74 bits per heavy atom. The normalized spacial score (nSPS) is 15.2. The highest BCUT2D eigenvalue weighted by atomic mass is 32.2. The van der Waals surface area contributed by atoms with E-state index in [4.69, 9.17) is 9.88 Å². The van der Waals surface area contributed by atoms with Crippen LogP contribution in [0.4, 0.5) is 17.6 Å². The molecule has 1 heterocycles. The van der Waals surface area contributed by atoms with Gasteiger partial charge in [0.05, 0.1) is 11.1 Å². The minimum Gasteiger partial charge on any atom is -0.457 e. The summed E-state index contributed by atoms with van der Waals surface area (Å²) < 4.78 is 80.4. The number of hydrogen-bond acceptors (Lipinski definition) is 4. The van der Waals surface area contributed by atoms with Crippen molar-refractivity contribution in [3.63, 3.8) is 0 Å². The third-order valence-corrected chi connectivity index (χ3v) is 4.86. The monoisotopic (exact) mass is 401 g/mol. The Hall–Kier alpha value is -2.72. The second-order valence-electron chi connectivity index (χ2n) is 5.70. The van der Waals surface area contributed by atoms with E-state index in [1.165, 1.54) is 12.1 Å². The van der Waals surface area contributed by atoms with Crippen molar-refractivity contribution >= 4 is 27.1 Å². The highest BCUT2D eigenvalue weighted by molar-refractivity contribution is 7.89. The van der Waals surface area contributed by atoms with Crippen molar-refractivity contribution in [1.29, 1.82) is 0 Å². The molecule has 0 fully saturated rings. The fraction of sp³-hybridized carbons (Fsp3) is 0.118. The quantitative estimate of drug-likeness (QED) is 0.633. The molecule has 2 aromatic rings. The van der Waals surface area contributed by atoms with Crippen LogP contribution in [0.25, 0.3) is 11.1 Å². The Balaban J connectivity index is 2.15. The van der Waals surface area contributed by atoms with Crippen LogP contribution in [0.5, 0.6) is 0 Å². The summed E-state index contributed by atoms with van der Waals surface area (Å²) in [7, 11) is -4.29. The molecule has 27 heavy (non-hydrogen) atoms. The molecule has 1 aliphatic rings. The number of sulfonamides is 1. The standard InChI is InChI=1S/C17H11F4NO4S/c18-13-7-9(4-5-14(13)27(22,24)25)12-8-26-16(23)15(12)10-2-1-3-11(6-10)17(19,20)21/h1-7H,8H2,(H2,22,24,25). The molecule has 3 rings (SSSR count). The lowest BCUT2D eigenvalue weighted by atomic mass is 9.95. The molecule has 0 spiro atoms. The molecular formula is C17H11F4NO4S. The summed E-state index contributed by atoms with van der Waals surface area (Å²) in [4.78, 5) is 11.3. The zero-order valence-electron chi connectivity index (χ0n) is 13.4. The van der Waals surface area contributed by atoms with E-state index in [2.05, 4.69) is 0 Å². The maximum absolute atomic E-state index is 14.1. The maximum Gasteiger partial charge on any atom is 0.416 e. The van der Waals surface area contributed by atoms with Gasteiger partial charge in [-0.25, -0.2) is 22.7 Å². The summed E-state index contributed by atoms with van der Waals surface area (Å²) in [5, 5.41) is 4.89. The van der Waals surface area contributed by atoms with E-state index in [0.717, 1.165) is 30.3 Å². The van der Waals surface area contributed by atoms with E-state index in [9.17, 15) is 30.8 Å². The van der Waals surface area contributed by atoms with Gasteiger partial charge in [0.2, 0.25) is 10.0 Å². The van der Waals surface area contributed by atoms with Crippen LogP contribution in [0.1, 0.15) is 16.7 Å². The molecule has 5 nitrogen and oxygen atoms in total. The average molecular weight is 401 g/mol. The number of ether oxygens (including phenoxy) is 1. The number of nitrogens with two attached hydrogens (primary N) is 1. The lowest BCUT2D eigenvalue weighted by molar-refractivity contribution is -0.138. The average Bonchev–Trinajstić information content (AvgIpc) is 2.94. The summed E-state index contributed by atoms with van der Waals surface area (Å²) in [5.41, 5.74) is -0.915. The van der Waals surface area contributed by atoms with E-state index in [1.807, 2.05) is 0 Å². The molecule has 0 radical (unpaired) electrons. The maximum atomic E-state index is 14.1. The van der Waals surface area contributed by atoms with E-state index < -0.39 is 38.4 Å². The fourth-order valence-corrected chi connectivity index (χ4v) is 3.28. The van der Waals surface area contributed by atoms with Crippen LogP contribution in [-0.4, -0.2) is 21.0 Å². The Labute approximate surface area is 151 Å². The van der Waals surface area contributed by atoms with E-state index in [-0.39, 0.29) is 28.9 Å². The number of alkyl halides is 3. The highest BCUT2D eigenvalue weighted by Gasteiger charge is 2.33. The van der Waals surface area contributed by atoms with Gasteiger partial charge in [0.25, 0.3) is 0 Å². The van der Waals surface area contributed by atoms with Gasteiger partial charge in [-0.1, -0.05) is 18.2 Å². The first-order valence-electron chi connectivity index (χ1n) is 7.39. The molecule has 10 heteroatoms. The summed E-state index contributed by atoms with van der Waals surface area (Å²) in [6.07, 6.45) is -4.61. The summed E-state index contributed by atoms with van der Waals surface area (Å²) in [5.74, 6) is -2.01. The lowest BCUT2D eigenvalue weighted by Crippen LogP contribution is -2.14. The third kappa shape index (κ3) is 3.71. The first-order valence-corrected chi connectivity index (χ1v) is 8.94. The minimum atomic E-state index is -4.61.